The van der Waals surface area contributed by atoms with Crippen molar-refractivity contribution in [3.05, 3.63) is 24.0 Å². The maximum absolute atomic E-state index is 11.0. The molecular weight excluding hydrogens is 226 g/mol. The molecule has 0 aliphatic heterocycles. The summed E-state index contributed by atoms with van der Waals surface area (Å²) in [6, 6.07) is 1.93. The van der Waals surface area contributed by atoms with Gasteiger partial charge in [-0.05, 0) is 44.6 Å². The van der Waals surface area contributed by atoms with Gasteiger partial charge in [0.05, 0.1) is 17.9 Å². The van der Waals surface area contributed by atoms with Gasteiger partial charge >= 0.3 is 0 Å². The smallest absolute Gasteiger partial charge is 0.138 e. The molecule has 1 N–H and O–H groups in total. The van der Waals surface area contributed by atoms with Gasteiger partial charge in [0.15, 0.2) is 0 Å². The summed E-state index contributed by atoms with van der Waals surface area (Å²) in [5.41, 5.74) is -0.00950. The van der Waals surface area contributed by atoms with E-state index in [9.17, 15) is 5.11 Å². The number of hydrogen-bond acceptors (Lipinski definition) is 3. The normalized spacial score (nSPS) is 26.6. The maximum atomic E-state index is 11.0. The first-order chi connectivity index (χ1) is 8.35. The number of hydrogen-bond donors (Lipinski definition) is 1. The second-order valence-corrected chi connectivity index (χ2v) is 6.17. The minimum Gasteiger partial charge on any atom is -0.489 e. The molecule has 1 unspecified atom stereocenters. The standard InChI is InChI=1S/C15H23NO2/c1-11(2)18-13-8-12(9-16-10-13)15(17)7-5-6-14(15,3)4/h8-11,17H,5-7H2,1-4H3. The zero-order valence-electron chi connectivity index (χ0n) is 11.7. The van der Waals surface area contributed by atoms with Gasteiger partial charge in [-0.25, -0.2) is 0 Å². The third-order valence-electron chi connectivity index (χ3n) is 4.02. The maximum Gasteiger partial charge on any atom is 0.138 e. The van der Waals surface area contributed by atoms with Gasteiger partial charge in [-0.3, -0.25) is 4.98 Å². The highest BCUT2D eigenvalue weighted by Gasteiger charge is 2.48. The molecule has 2 rings (SSSR count). The van der Waals surface area contributed by atoms with Crippen LogP contribution in [-0.4, -0.2) is 16.2 Å². The van der Waals surface area contributed by atoms with E-state index in [1.807, 2.05) is 19.9 Å². The van der Waals surface area contributed by atoms with E-state index in [1.54, 1.807) is 12.4 Å². The summed E-state index contributed by atoms with van der Waals surface area (Å²) in [6.07, 6.45) is 6.48. The van der Waals surface area contributed by atoms with Crippen LogP contribution in [0.5, 0.6) is 5.75 Å². The lowest BCUT2D eigenvalue weighted by Crippen LogP contribution is -2.37. The molecule has 1 heterocycles. The van der Waals surface area contributed by atoms with Gasteiger partial charge in [-0.2, -0.15) is 0 Å². The Kier molecular flexibility index (Phi) is 3.37. The van der Waals surface area contributed by atoms with Gasteiger partial charge in [0.25, 0.3) is 0 Å². The number of rotatable bonds is 3. The minimum absolute atomic E-state index is 0.106. The Morgan fingerprint density at radius 3 is 2.56 bits per heavy atom. The van der Waals surface area contributed by atoms with Crippen molar-refractivity contribution in [2.75, 3.05) is 0 Å². The Labute approximate surface area is 109 Å². The molecule has 3 nitrogen and oxygen atoms in total. The van der Waals surface area contributed by atoms with Gasteiger partial charge < -0.3 is 9.84 Å². The fraction of sp³-hybridized carbons (Fsp3) is 0.667. The fourth-order valence-corrected chi connectivity index (χ4v) is 2.85. The van der Waals surface area contributed by atoms with Crippen molar-refractivity contribution in [3.63, 3.8) is 0 Å². The first-order valence-electron chi connectivity index (χ1n) is 6.70. The highest BCUT2D eigenvalue weighted by molar-refractivity contribution is 5.31. The molecule has 18 heavy (non-hydrogen) atoms. The molecule has 0 bridgehead atoms. The molecule has 0 amide bonds. The fourth-order valence-electron chi connectivity index (χ4n) is 2.85. The van der Waals surface area contributed by atoms with E-state index in [1.165, 1.54) is 0 Å². The summed E-state index contributed by atoms with van der Waals surface area (Å²) in [5.74, 6) is 0.735. The molecule has 1 atom stereocenters. The van der Waals surface area contributed by atoms with Gasteiger partial charge in [0.2, 0.25) is 0 Å². The summed E-state index contributed by atoms with van der Waals surface area (Å²) in [5, 5.41) is 11.0. The van der Waals surface area contributed by atoms with Crippen LogP contribution in [0.4, 0.5) is 0 Å². The molecule has 100 valence electrons. The summed E-state index contributed by atoms with van der Waals surface area (Å²) >= 11 is 0. The lowest BCUT2D eigenvalue weighted by Gasteiger charge is -2.37. The quantitative estimate of drug-likeness (QED) is 0.894. The third kappa shape index (κ3) is 2.24. The zero-order chi connectivity index (χ0) is 13.4. The van der Waals surface area contributed by atoms with Crippen molar-refractivity contribution in [2.24, 2.45) is 5.41 Å². The predicted molar refractivity (Wildman–Crippen MR) is 71.5 cm³/mol. The van der Waals surface area contributed by atoms with Crippen LogP contribution in [-0.2, 0) is 5.60 Å². The van der Waals surface area contributed by atoms with Crippen molar-refractivity contribution in [1.82, 2.24) is 4.98 Å². The highest BCUT2D eigenvalue weighted by atomic mass is 16.5. The topological polar surface area (TPSA) is 42.4 Å². The third-order valence-corrected chi connectivity index (χ3v) is 4.02. The summed E-state index contributed by atoms with van der Waals surface area (Å²) in [7, 11) is 0. The van der Waals surface area contributed by atoms with E-state index in [-0.39, 0.29) is 11.5 Å². The molecule has 1 saturated carbocycles. The molecule has 0 saturated heterocycles. The first-order valence-corrected chi connectivity index (χ1v) is 6.70. The van der Waals surface area contributed by atoms with Crippen LogP contribution in [0, 0.1) is 5.41 Å². The number of aromatic nitrogens is 1. The molecule has 0 aromatic carbocycles. The largest absolute Gasteiger partial charge is 0.489 e. The van der Waals surface area contributed by atoms with Gasteiger partial charge in [-0.15, -0.1) is 0 Å². The van der Waals surface area contributed by atoms with Crippen LogP contribution in [0.25, 0.3) is 0 Å². The Hall–Kier alpha value is -1.09. The lowest BCUT2D eigenvalue weighted by molar-refractivity contribution is -0.0489. The molecule has 1 aromatic heterocycles. The van der Waals surface area contributed by atoms with Crippen molar-refractivity contribution in [1.29, 1.82) is 0 Å². The van der Waals surface area contributed by atoms with Crippen molar-refractivity contribution in [3.8, 4) is 5.75 Å². The Bertz CT molecular complexity index is 428. The van der Waals surface area contributed by atoms with Gasteiger partial charge in [0.1, 0.15) is 5.75 Å². The Balaban J connectivity index is 2.33. The summed E-state index contributed by atoms with van der Waals surface area (Å²) in [6.45, 7) is 8.22. The van der Waals surface area contributed by atoms with Gasteiger partial charge in [0, 0.05) is 11.8 Å². The second kappa shape index (κ2) is 4.54. The monoisotopic (exact) mass is 249 g/mol. The zero-order valence-corrected chi connectivity index (χ0v) is 11.7. The minimum atomic E-state index is -0.781. The molecule has 1 aromatic rings. The van der Waals surface area contributed by atoms with E-state index >= 15 is 0 Å². The average molecular weight is 249 g/mol. The SMILES string of the molecule is CC(C)Oc1cncc(C2(O)CCCC2(C)C)c1. The van der Waals surface area contributed by atoms with E-state index < -0.39 is 5.60 Å². The van der Waals surface area contributed by atoms with Crippen molar-refractivity contribution >= 4 is 0 Å². The number of pyridine rings is 1. The van der Waals surface area contributed by atoms with Crippen LogP contribution in [0.1, 0.15) is 52.5 Å². The summed E-state index contributed by atoms with van der Waals surface area (Å²) < 4.78 is 5.65. The van der Waals surface area contributed by atoms with Crippen LogP contribution >= 0.6 is 0 Å². The van der Waals surface area contributed by atoms with E-state index in [0.29, 0.717) is 0 Å². The van der Waals surface area contributed by atoms with Gasteiger partial charge in [-0.1, -0.05) is 13.8 Å². The van der Waals surface area contributed by atoms with Crippen LogP contribution in [0.2, 0.25) is 0 Å². The Morgan fingerprint density at radius 2 is 2.00 bits per heavy atom. The molecule has 1 aliphatic carbocycles. The molecule has 0 radical (unpaired) electrons. The first kappa shape index (κ1) is 13.3. The van der Waals surface area contributed by atoms with Crippen molar-refractivity contribution in [2.45, 2.75) is 58.7 Å². The summed E-state index contributed by atoms with van der Waals surface area (Å²) in [4.78, 5) is 4.21. The molecule has 1 aliphatic rings. The number of ether oxygens (including phenoxy) is 1. The Morgan fingerprint density at radius 1 is 1.28 bits per heavy atom. The van der Waals surface area contributed by atoms with Crippen molar-refractivity contribution < 1.29 is 9.84 Å². The van der Waals surface area contributed by atoms with E-state index in [2.05, 4.69) is 18.8 Å². The second-order valence-electron chi connectivity index (χ2n) is 6.17. The molecule has 1 fully saturated rings. The van der Waals surface area contributed by atoms with Crippen LogP contribution in [0.15, 0.2) is 18.5 Å². The van der Waals surface area contributed by atoms with E-state index in [0.717, 1.165) is 30.6 Å². The molecule has 0 spiro atoms. The molecule has 3 heteroatoms. The number of aliphatic hydroxyl groups is 1. The number of nitrogens with zero attached hydrogens (tertiary/aromatic N) is 1. The highest BCUT2D eigenvalue weighted by Crippen LogP contribution is 2.52. The average Bonchev–Trinajstić information content (AvgIpc) is 2.54. The van der Waals surface area contributed by atoms with Crippen LogP contribution in [0.3, 0.4) is 0 Å². The van der Waals surface area contributed by atoms with Crippen LogP contribution < -0.4 is 4.74 Å². The molecular formula is C15H23NO2. The van der Waals surface area contributed by atoms with E-state index in [4.69, 9.17) is 4.74 Å². The predicted octanol–water partition coefficient (Wildman–Crippen LogP) is 3.27. The lowest BCUT2D eigenvalue weighted by atomic mass is 9.74.